The molecule has 0 radical (unpaired) electrons. The third-order valence-corrected chi connectivity index (χ3v) is 5.15. The molecule has 0 spiro atoms. The molecule has 5 nitrogen and oxygen atoms in total. The van der Waals surface area contributed by atoms with Gasteiger partial charge < -0.3 is 19.0 Å². The lowest BCUT2D eigenvalue weighted by Crippen LogP contribution is -2.31. The molecule has 0 N–H and O–H groups in total. The van der Waals surface area contributed by atoms with Crippen LogP contribution in [-0.4, -0.2) is 32.1 Å². The van der Waals surface area contributed by atoms with Crippen LogP contribution in [0.4, 0.5) is 0 Å². The Morgan fingerprint density at radius 2 is 1.63 bits per heavy atom. The van der Waals surface area contributed by atoms with Crippen molar-refractivity contribution in [3.63, 3.8) is 0 Å². The van der Waals surface area contributed by atoms with Crippen molar-refractivity contribution in [2.24, 2.45) is 5.16 Å². The van der Waals surface area contributed by atoms with Gasteiger partial charge in [-0.1, -0.05) is 17.3 Å². The molecule has 0 aliphatic heterocycles. The Labute approximate surface area is 179 Å². The van der Waals surface area contributed by atoms with Gasteiger partial charge in [0.25, 0.3) is 0 Å². The van der Waals surface area contributed by atoms with E-state index in [0.29, 0.717) is 6.61 Å². The molecule has 2 aromatic rings. The number of nitrogens with zero attached hydrogens (tertiary/aromatic N) is 1. The third-order valence-electron chi connectivity index (χ3n) is 5.15. The number of oxime groups is 1. The van der Waals surface area contributed by atoms with Crippen molar-refractivity contribution in [3.8, 4) is 17.2 Å². The van der Waals surface area contributed by atoms with Crippen molar-refractivity contribution in [3.05, 3.63) is 65.2 Å². The fourth-order valence-corrected chi connectivity index (χ4v) is 3.65. The quantitative estimate of drug-likeness (QED) is 0.306. The summed E-state index contributed by atoms with van der Waals surface area (Å²) in [4.78, 5) is 4.72. The molecule has 3 rings (SSSR count). The number of allylic oxidation sites excluding steroid dienone is 1. The second-order valence-electron chi connectivity index (χ2n) is 7.50. The van der Waals surface area contributed by atoms with Gasteiger partial charge in [-0.05, 0) is 93.1 Å². The molecule has 0 heterocycles. The standard InChI is InChI=1S/C25H31NO4/c1-5-6-14-28-22-15-18(2)25(19(3)16-22)30-24-9-7-8-23(24)29-21-12-10-20(11-13-21)17-26-27-4/h5-6,10-13,15-17,23-24H,7-9,14H2,1-4H3/b6-5+,26-17+. The smallest absolute Gasteiger partial charge is 0.135 e. The molecule has 0 amide bonds. The monoisotopic (exact) mass is 409 g/mol. The molecular weight excluding hydrogens is 378 g/mol. The first-order chi connectivity index (χ1) is 14.6. The van der Waals surface area contributed by atoms with Gasteiger partial charge in [-0.2, -0.15) is 0 Å². The zero-order valence-electron chi connectivity index (χ0n) is 18.3. The van der Waals surface area contributed by atoms with E-state index in [1.54, 1.807) is 6.21 Å². The minimum Gasteiger partial charge on any atom is -0.490 e. The highest BCUT2D eigenvalue weighted by atomic mass is 16.6. The van der Waals surface area contributed by atoms with Crippen LogP contribution in [-0.2, 0) is 4.84 Å². The van der Waals surface area contributed by atoms with Gasteiger partial charge in [0.2, 0.25) is 0 Å². The van der Waals surface area contributed by atoms with Crippen LogP contribution < -0.4 is 14.2 Å². The molecule has 0 bridgehead atoms. The lowest BCUT2D eigenvalue weighted by Gasteiger charge is -2.24. The molecule has 5 heteroatoms. The Balaban J connectivity index is 1.65. The van der Waals surface area contributed by atoms with Crippen molar-refractivity contribution < 1.29 is 19.0 Å². The third kappa shape index (κ3) is 5.78. The molecule has 1 aliphatic carbocycles. The predicted octanol–water partition coefficient (Wildman–Crippen LogP) is 5.62. The van der Waals surface area contributed by atoms with Crippen LogP contribution >= 0.6 is 0 Å². The molecular formula is C25H31NO4. The summed E-state index contributed by atoms with van der Waals surface area (Å²) in [7, 11) is 1.53. The average molecular weight is 410 g/mol. The van der Waals surface area contributed by atoms with Gasteiger partial charge in [-0.25, -0.2) is 0 Å². The van der Waals surface area contributed by atoms with Crippen molar-refractivity contribution in [1.82, 2.24) is 0 Å². The van der Waals surface area contributed by atoms with Crippen molar-refractivity contribution >= 4 is 6.21 Å². The Bertz CT molecular complexity index is 850. The summed E-state index contributed by atoms with van der Waals surface area (Å²) in [5.41, 5.74) is 3.13. The summed E-state index contributed by atoms with van der Waals surface area (Å²) in [5, 5.41) is 3.78. The van der Waals surface area contributed by atoms with Crippen LogP contribution in [0, 0.1) is 13.8 Å². The second kappa shape index (κ2) is 10.7. The minimum absolute atomic E-state index is 0.0342. The Morgan fingerprint density at radius 1 is 0.967 bits per heavy atom. The Kier molecular flexibility index (Phi) is 7.77. The van der Waals surface area contributed by atoms with Crippen LogP contribution in [0.2, 0.25) is 0 Å². The van der Waals surface area contributed by atoms with Gasteiger partial charge in [0, 0.05) is 0 Å². The van der Waals surface area contributed by atoms with Crippen molar-refractivity contribution in [1.29, 1.82) is 0 Å². The van der Waals surface area contributed by atoms with Gasteiger partial charge in [-0.3, -0.25) is 0 Å². The Hall–Kier alpha value is -2.95. The number of rotatable bonds is 9. The topological polar surface area (TPSA) is 49.3 Å². The minimum atomic E-state index is 0.0342. The largest absolute Gasteiger partial charge is 0.490 e. The van der Waals surface area contributed by atoms with E-state index >= 15 is 0 Å². The molecule has 1 saturated carbocycles. The zero-order valence-corrected chi connectivity index (χ0v) is 18.3. The van der Waals surface area contributed by atoms with Gasteiger partial charge >= 0.3 is 0 Å². The number of hydrogen-bond donors (Lipinski definition) is 0. The zero-order chi connectivity index (χ0) is 21.3. The Morgan fingerprint density at radius 3 is 2.27 bits per heavy atom. The summed E-state index contributed by atoms with van der Waals surface area (Å²) in [6.45, 7) is 6.69. The molecule has 2 unspecified atom stereocenters. The van der Waals surface area contributed by atoms with E-state index in [4.69, 9.17) is 19.0 Å². The predicted molar refractivity (Wildman–Crippen MR) is 120 cm³/mol. The summed E-state index contributed by atoms with van der Waals surface area (Å²) in [6.07, 6.45) is 8.78. The van der Waals surface area contributed by atoms with E-state index in [1.165, 1.54) is 7.11 Å². The van der Waals surface area contributed by atoms with E-state index in [2.05, 4.69) is 19.0 Å². The summed E-state index contributed by atoms with van der Waals surface area (Å²) < 4.78 is 18.5. The molecule has 1 aliphatic rings. The number of benzene rings is 2. The fraction of sp³-hybridized carbons (Fsp3) is 0.400. The number of hydrogen-bond acceptors (Lipinski definition) is 5. The van der Waals surface area contributed by atoms with Gasteiger partial charge in [0.05, 0.1) is 6.21 Å². The van der Waals surface area contributed by atoms with E-state index in [0.717, 1.165) is 53.2 Å². The second-order valence-corrected chi connectivity index (χ2v) is 7.50. The van der Waals surface area contributed by atoms with Gasteiger partial charge in [0.1, 0.15) is 43.2 Å². The molecule has 0 aromatic heterocycles. The van der Waals surface area contributed by atoms with E-state index < -0.39 is 0 Å². The van der Waals surface area contributed by atoms with Gasteiger partial charge in [-0.15, -0.1) is 0 Å². The molecule has 0 saturated heterocycles. The first-order valence-corrected chi connectivity index (χ1v) is 10.5. The van der Waals surface area contributed by atoms with E-state index in [9.17, 15) is 0 Å². The van der Waals surface area contributed by atoms with E-state index in [-0.39, 0.29) is 12.2 Å². The molecule has 30 heavy (non-hydrogen) atoms. The maximum absolute atomic E-state index is 6.45. The van der Waals surface area contributed by atoms with Crippen LogP contribution in [0.15, 0.2) is 53.7 Å². The van der Waals surface area contributed by atoms with Crippen LogP contribution in [0.3, 0.4) is 0 Å². The average Bonchev–Trinajstić information content (AvgIpc) is 3.17. The van der Waals surface area contributed by atoms with Gasteiger partial charge in [0.15, 0.2) is 0 Å². The highest BCUT2D eigenvalue weighted by Gasteiger charge is 2.31. The maximum atomic E-state index is 6.45. The van der Waals surface area contributed by atoms with Crippen molar-refractivity contribution in [2.45, 2.75) is 52.2 Å². The molecule has 2 atom stereocenters. The van der Waals surface area contributed by atoms with Crippen LogP contribution in [0.1, 0.15) is 42.9 Å². The van der Waals surface area contributed by atoms with Crippen LogP contribution in [0.5, 0.6) is 17.2 Å². The first-order valence-electron chi connectivity index (χ1n) is 10.5. The summed E-state index contributed by atoms with van der Waals surface area (Å²) in [5.74, 6) is 2.64. The highest BCUT2D eigenvalue weighted by Crippen LogP contribution is 2.34. The molecule has 160 valence electrons. The van der Waals surface area contributed by atoms with E-state index in [1.807, 2.05) is 55.5 Å². The normalized spacial score (nSPS) is 18.8. The fourth-order valence-electron chi connectivity index (χ4n) is 3.65. The summed E-state index contributed by atoms with van der Waals surface area (Å²) in [6, 6.07) is 11.9. The maximum Gasteiger partial charge on any atom is 0.135 e. The molecule has 2 aromatic carbocycles. The number of ether oxygens (including phenoxy) is 3. The lowest BCUT2D eigenvalue weighted by molar-refractivity contribution is 0.0769. The first kappa shape index (κ1) is 21.8. The SMILES string of the molecule is C/C=C/COc1cc(C)c(OC2CCCC2Oc2ccc(/C=N/OC)cc2)c(C)c1. The highest BCUT2D eigenvalue weighted by molar-refractivity contribution is 5.79. The molecule has 1 fully saturated rings. The van der Waals surface area contributed by atoms with Crippen LogP contribution in [0.25, 0.3) is 0 Å². The number of aryl methyl sites for hydroxylation is 2. The summed E-state index contributed by atoms with van der Waals surface area (Å²) >= 11 is 0. The van der Waals surface area contributed by atoms with Crippen molar-refractivity contribution in [2.75, 3.05) is 13.7 Å². The lowest BCUT2D eigenvalue weighted by atomic mass is 10.1.